The molecule has 0 atom stereocenters. The average molecular weight is 331 g/mol. The van der Waals surface area contributed by atoms with Gasteiger partial charge in [-0.1, -0.05) is 0 Å². The van der Waals surface area contributed by atoms with E-state index in [0.29, 0.717) is 11.3 Å². The number of methoxy groups -OCH3 is 1. The molecular formula is C12H14INO2. The lowest BCUT2D eigenvalue weighted by atomic mass is 9.90. The van der Waals surface area contributed by atoms with E-state index in [0.717, 1.165) is 16.4 Å². The lowest BCUT2D eigenvalue weighted by Crippen LogP contribution is -2.16. The van der Waals surface area contributed by atoms with Crippen LogP contribution in [-0.4, -0.2) is 13.0 Å². The maximum Gasteiger partial charge on any atom is 0.252 e. The Morgan fingerprint density at radius 1 is 1.44 bits per heavy atom. The van der Waals surface area contributed by atoms with Gasteiger partial charge in [-0.3, -0.25) is 4.79 Å². The molecule has 86 valence electrons. The van der Waals surface area contributed by atoms with Crippen molar-refractivity contribution in [1.29, 1.82) is 0 Å². The number of rotatable bonds is 2. The van der Waals surface area contributed by atoms with Gasteiger partial charge in [-0.05, 0) is 65.5 Å². The Labute approximate surface area is 108 Å². The van der Waals surface area contributed by atoms with Gasteiger partial charge >= 0.3 is 0 Å². The van der Waals surface area contributed by atoms with Crippen molar-refractivity contribution in [3.63, 3.8) is 0 Å². The summed E-state index contributed by atoms with van der Waals surface area (Å²) in [5.74, 6) is 0.219. The Balaban J connectivity index is 2.64. The molecule has 1 aliphatic carbocycles. The number of aryl methyl sites for hydroxylation is 1. The van der Waals surface area contributed by atoms with Gasteiger partial charge in [0.2, 0.25) is 0 Å². The minimum Gasteiger partial charge on any atom is -0.495 e. The fraction of sp³-hybridized carbons (Fsp3) is 0.417. The maximum absolute atomic E-state index is 11.4. The number of hydrogen-bond acceptors (Lipinski definition) is 2. The quantitative estimate of drug-likeness (QED) is 0.846. The number of fused-ring (bicyclic) bond motifs is 1. The third-order valence-electron chi connectivity index (χ3n) is 3.01. The molecule has 0 spiro atoms. The van der Waals surface area contributed by atoms with Gasteiger partial charge in [-0.2, -0.15) is 0 Å². The number of ether oxygens (including phenoxy) is 1. The molecule has 0 heterocycles. The highest BCUT2D eigenvalue weighted by atomic mass is 127. The molecule has 0 unspecified atom stereocenters. The van der Waals surface area contributed by atoms with E-state index in [9.17, 15) is 4.79 Å². The summed E-state index contributed by atoms with van der Waals surface area (Å²) in [7, 11) is 1.58. The highest BCUT2D eigenvalue weighted by Gasteiger charge is 2.21. The highest BCUT2D eigenvalue weighted by Crippen LogP contribution is 2.35. The minimum absolute atomic E-state index is 0.414. The topological polar surface area (TPSA) is 52.3 Å². The van der Waals surface area contributed by atoms with Gasteiger partial charge in [0.1, 0.15) is 5.75 Å². The zero-order valence-electron chi connectivity index (χ0n) is 9.18. The molecule has 16 heavy (non-hydrogen) atoms. The first-order chi connectivity index (χ1) is 7.65. The van der Waals surface area contributed by atoms with E-state index in [1.54, 1.807) is 7.11 Å². The molecule has 0 bridgehead atoms. The summed E-state index contributed by atoms with van der Waals surface area (Å²) in [4.78, 5) is 11.4. The number of carbonyl (C=O) groups excluding carboxylic acids is 1. The van der Waals surface area contributed by atoms with Crippen molar-refractivity contribution in [2.75, 3.05) is 7.11 Å². The van der Waals surface area contributed by atoms with Crippen LogP contribution in [0.3, 0.4) is 0 Å². The molecule has 4 heteroatoms. The Hall–Kier alpha value is -0.780. The third-order valence-corrected chi connectivity index (χ3v) is 4.15. The van der Waals surface area contributed by atoms with Crippen LogP contribution in [0, 0.1) is 3.57 Å². The Morgan fingerprint density at radius 2 is 2.12 bits per heavy atom. The second kappa shape index (κ2) is 4.61. The third kappa shape index (κ3) is 1.90. The molecule has 3 nitrogen and oxygen atoms in total. The second-order valence-electron chi connectivity index (χ2n) is 3.98. The summed E-state index contributed by atoms with van der Waals surface area (Å²) in [6.45, 7) is 0. The van der Waals surface area contributed by atoms with Crippen LogP contribution in [0.5, 0.6) is 5.75 Å². The predicted octanol–water partition coefficient (Wildman–Crippen LogP) is 2.28. The summed E-state index contributed by atoms with van der Waals surface area (Å²) in [6.07, 6.45) is 4.51. The minimum atomic E-state index is -0.414. The molecule has 1 aromatic rings. The highest BCUT2D eigenvalue weighted by molar-refractivity contribution is 14.1. The normalized spacial score (nSPS) is 14.4. The molecule has 2 rings (SSSR count). The fourth-order valence-electron chi connectivity index (χ4n) is 2.22. The lowest BCUT2D eigenvalue weighted by Gasteiger charge is -2.20. The van der Waals surface area contributed by atoms with Gasteiger partial charge in [0.25, 0.3) is 5.91 Å². The van der Waals surface area contributed by atoms with Crippen LogP contribution < -0.4 is 10.5 Å². The van der Waals surface area contributed by atoms with E-state index >= 15 is 0 Å². The number of nitrogens with two attached hydrogens (primary N) is 1. The summed E-state index contributed by atoms with van der Waals surface area (Å²) in [6, 6.07) is 1.90. The number of carbonyl (C=O) groups is 1. The average Bonchev–Trinajstić information content (AvgIpc) is 2.29. The molecule has 1 aliphatic rings. The van der Waals surface area contributed by atoms with Crippen molar-refractivity contribution in [2.24, 2.45) is 5.73 Å². The summed E-state index contributed by atoms with van der Waals surface area (Å²) < 4.78 is 6.34. The molecule has 0 aliphatic heterocycles. The van der Waals surface area contributed by atoms with Gasteiger partial charge < -0.3 is 10.5 Å². The second-order valence-corrected chi connectivity index (χ2v) is 5.06. The number of hydrogen-bond donors (Lipinski definition) is 1. The van der Waals surface area contributed by atoms with Crippen LogP contribution in [0.2, 0.25) is 0 Å². The molecular weight excluding hydrogens is 317 g/mol. The Kier molecular flexibility index (Phi) is 3.37. The Morgan fingerprint density at radius 3 is 2.75 bits per heavy atom. The molecule has 1 amide bonds. The van der Waals surface area contributed by atoms with Crippen molar-refractivity contribution in [3.8, 4) is 5.75 Å². The molecule has 0 saturated heterocycles. The van der Waals surface area contributed by atoms with Crippen molar-refractivity contribution in [1.82, 2.24) is 0 Å². The van der Waals surface area contributed by atoms with E-state index in [1.807, 2.05) is 6.07 Å². The molecule has 0 saturated carbocycles. The van der Waals surface area contributed by atoms with Crippen LogP contribution in [-0.2, 0) is 12.8 Å². The van der Waals surface area contributed by atoms with E-state index < -0.39 is 5.91 Å². The first-order valence-electron chi connectivity index (χ1n) is 5.33. The van der Waals surface area contributed by atoms with Crippen molar-refractivity contribution in [3.05, 3.63) is 26.3 Å². The lowest BCUT2D eigenvalue weighted by molar-refractivity contribution is 0.0997. The van der Waals surface area contributed by atoms with E-state index in [2.05, 4.69) is 22.6 Å². The fourth-order valence-corrected chi connectivity index (χ4v) is 3.34. The number of primary amides is 1. The first-order valence-corrected chi connectivity index (χ1v) is 6.41. The summed E-state index contributed by atoms with van der Waals surface area (Å²) in [5.41, 5.74) is 8.46. The number of benzene rings is 1. The predicted molar refractivity (Wildman–Crippen MR) is 70.9 cm³/mol. The van der Waals surface area contributed by atoms with Gasteiger partial charge in [0, 0.05) is 0 Å². The summed E-state index contributed by atoms with van der Waals surface area (Å²) >= 11 is 2.25. The van der Waals surface area contributed by atoms with Crippen molar-refractivity contribution < 1.29 is 9.53 Å². The van der Waals surface area contributed by atoms with E-state index in [-0.39, 0.29) is 0 Å². The monoisotopic (exact) mass is 331 g/mol. The first kappa shape index (κ1) is 11.7. The number of amides is 1. The maximum atomic E-state index is 11.4. The smallest absolute Gasteiger partial charge is 0.252 e. The molecule has 0 radical (unpaired) electrons. The van der Waals surface area contributed by atoms with Gasteiger partial charge in [-0.25, -0.2) is 0 Å². The largest absolute Gasteiger partial charge is 0.495 e. The van der Waals surface area contributed by atoms with Crippen LogP contribution in [0.25, 0.3) is 0 Å². The zero-order chi connectivity index (χ0) is 11.7. The van der Waals surface area contributed by atoms with E-state index in [1.165, 1.54) is 24.0 Å². The van der Waals surface area contributed by atoms with Crippen LogP contribution in [0.4, 0.5) is 0 Å². The SMILES string of the molecule is COc1c(C(N)=O)cc2c(c1I)CCCC2. The molecule has 0 aromatic heterocycles. The van der Waals surface area contributed by atoms with Gasteiger partial charge in [-0.15, -0.1) is 0 Å². The molecule has 2 N–H and O–H groups in total. The zero-order valence-corrected chi connectivity index (χ0v) is 11.3. The molecule has 1 aromatic carbocycles. The molecule has 0 fully saturated rings. The summed E-state index contributed by atoms with van der Waals surface area (Å²) in [5, 5.41) is 0. The van der Waals surface area contributed by atoms with Crippen LogP contribution >= 0.6 is 22.6 Å². The van der Waals surface area contributed by atoms with E-state index in [4.69, 9.17) is 10.5 Å². The standard InChI is InChI=1S/C12H14INO2/c1-16-11-9(12(14)15)6-7-4-2-3-5-8(7)10(11)13/h6H,2-5H2,1H3,(H2,14,15). The van der Waals surface area contributed by atoms with Gasteiger partial charge in [0.05, 0.1) is 16.2 Å². The van der Waals surface area contributed by atoms with Crippen LogP contribution in [0.15, 0.2) is 6.07 Å². The Bertz CT molecular complexity index is 443. The van der Waals surface area contributed by atoms with Gasteiger partial charge in [0.15, 0.2) is 0 Å². The van der Waals surface area contributed by atoms with Crippen molar-refractivity contribution >= 4 is 28.5 Å². The number of halogens is 1. The van der Waals surface area contributed by atoms with Crippen LogP contribution in [0.1, 0.15) is 34.3 Å². The van der Waals surface area contributed by atoms with Crippen molar-refractivity contribution in [2.45, 2.75) is 25.7 Å².